The molecule has 1 amide bonds. The lowest BCUT2D eigenvalue weighted by molar-refractivity contribution is -0.120. The number of ether oxygens (including phenoxy) is 2. The van der Waals surface area contributed by atoms with Gasteiger partial charge >= 0.3 is 0 Å². The largest absolute Gasteiger partial charge is 0.454 e. The van der Waals surface area contributed by atoms with Crippen LogP contribution in [0.3, 0.4) is 0 Å². The lowest BCUT2D eigenvalue weighted by Crippen LogP contribution is -2.41. The second kappa shape index (κ2) is 8.48. The van der Waals surface area contributed by atoms with Gasteiger partial charge in [-0.25, -0.2) is 21.8 Å². The number of hydrogen-bond donors (Lipinski definition) is 1. The molecule has 5 rings (SSSR count). The number of carbonyl (C=O) groups is 1. The van der Waals surface area contributed by atoms with Crippen molar-refractivity contribution in [3.05, 3.63) is 36.4 Å². The third-order valence-electron chi connectivity index (χ3n) is 5.83. The van der Waals surface area contributed by atoms with Crippen molar-refractivity contribution in [2.75, 3.05) is 31.5 Å². The highest BCUT2D eigenvalue weighted by atomic mass is 32.2. The molecule has 3 heterocycles. The normalized spacial score (nSPS) is 17.2. The number of hydrogen-bond acceptors (Lipinski definition) is 9. The van der Waals surface area contributed by atoms with Gasteiger partial charge in [0.15, 0.2) is 26.5 Å². The molecular formula is C21H21N3O7S3. The second-order valence-corrected chi connectivity index (χ2v) is 13.1. The molecule has 1 fully saturated rings. The fourth-order valence-electron chi connectivity index (χ4n) is 3.95. The van der Waals surface area contributed by atoms with E-state index >= 15 is 0 Å². The molecule has 2 aromatic carbocycles. The fraction of sp³-hybridized carbons (Fsp3) is 0.333. The molecule has 2 aliphatic heterocycles. The molecule has 1 N–H and O–H groups in total. The third-order valence-corrected chi connectivity index (χ3v) is 9.80. The Labute approximate surface area is 200 Å². The minimum Gasteiger partial charge on any atom is -0.454 e. The Morgan fingerprint density at radius 3 is 2.29 bits per heavy atom. The molecule has 0 atom stereocenters. The highest BCUT2D eigenvalue weighted by Gasteiger charge is 2.32. The first-order valence-electron chi connectivity index (χ1n) is 10.4. The van der Waals surface area contributed by atoms with Crippen LogP contribution in [-0.2, 0) is 24.7 Å². The summed E-state index contributed by atoms with van der Waals surface area (Å²) in [6.45, 7) is 0.557. The molecule has 0 bridgehead atoms. The van der Waals surface area contributed by atoms with Crippen molar-refractivity contribution in [3.8, 4) is 11.5 Å². The van der Waals surface area contributed by atoms with E-state index in [1.54, 1.807) is 6.07 Å². The van der Waals surface area contributed by atoms with E-state index in [-0.39, 0.29) is 41.5 Å². The Balaban J connectivity index is 1.22. The van der Waals surface area contributed by atoms with Crippen LogP contribution in [0.2, 0.25) is 0 Å². The molecule has 1 saturated heterocycles. The molecule has 0 aliphatic carbocycles. The maximum atomic E-state index is 12.9. The standard InChI is InChI=1S/C21H21N3O7S3/c1-33(26,27)14-2-4-15(5-3-14)34(28,29)24-8-6-13(7-9-24)20(25)23-21-22-16-10-17-18(31-12-30-17)11-19(16)32-21/h2-5,10-11,13H,6-9,12H2,1H3,(H,22,23,25). The minimum atomic E-state index is -3.78. The predicted octanol–water partition coefficient (Wildman–Crippen LogP) is 2.47. The summed E-state index contributed by atoms with van der Waals surface area (Å²) < 4.78 is 62.0. The average molecular weight is 524 g/mol. The average Bonchev–Trinajstić information content (AvgIpc) is 3.42. The molecule has 10 nitrogen and oxygen atoms in total. The van der Waals surface area contributed by atoms with E-state index in [2.05, 4.69) is 10.3 Å². The number of sulfonamides is 1. The Hall–Kier alpha value is -2.74. The van der Waals surface area contributed by atoms with Gasteiger partial charge in [-0.2, -0.15) is 4.31 Å². The number of aromatic nitrogens is 1. The maximum absolute atomic E-state index is 12.9. The summed E-state index contributed by atoms with van der Waals surface area (Å²) in [6.07, 6.45) is 1.80. The van der Waals surface area contributed by atoms with Crippen molar-refractivity contribution in [3.63, 3.8) is 0 Å². The van der Waals surface area contributed by atoms with Gasteiger partial charge in [-0.3, -0.25) is 4.79 Å². The van der Waals surface area contributed by atoms with Crippen molar-refractivity contribution >= 4 is 52.5 Å². The molecule has 1 aromatic heterocycles. The van der Waals surface area contributed by atoms with Crippen molar-refractivity contribution in [1.82, 2.24) is 9.29 Å². The molecule has 0 radical (unpaired) electrons. The Morgan fingerprint density at radius 1 is 1.03 bits per heavy atom. The number of amides is 1. The summed E-state index contributed by atoms with van der Waals surface area (Å²) >= 11 is 1.33. The number of nitrogens with zero attached hydrogens (tertiary/aromatic N) is 2. The van der Waals surface area contributed by atoms with E-state index in [1.165, 1.54) is 39.9 Å². The van der Waals surface area contributed by atoms with Crippen LogP contribution in [0.4, 0.5) is 5.13 Å². The first-order chi connectivity index (χ1) is 16.1. The summed E-state index contributed by atoms with van der Waals surface area (Å²) in [6, 6.07) is 8.76. The zero-order valence-corrected chi connectivity index (χ0v) is 20.5. The Bertz CT molecular complexity index is 1430. The molecular weight excluding hydrogens is 502 g/mol. The topological polar surface area (TPSA) is 132 Å². The number of carbonyl (C=O) groups excluding carboxylic acids is 1. The maximum Gasteiger partial charge on any atom is 0.243 e. The number of piperidine rings is 1. The van der Waals surface area contributed by atoms with E-state index < -0.39 is 19.9 Å². The lowest BCUT2D eigenvalue weighted by Gasteiger charge is -2.30. The van der Waals surface area contributed by atoms with E-state index in [0.29, 0.717) is 35.0 Å². The number of thiazole rings is 1. The molecule has 2 aliphatic rings. The van der Waals surface area contributed by atoms with Crippen LogP contribution in [0.1, 0.15) is 12.8 Å². The number of fused-ring (bicyclic) bond motifs is 2. The van der Waals surface area contributed by atoms with E-state index in [1.807, 2.05) is 6.07 Å². The number of sulfone groups is 1. The van der Waals surface area contributed by atoms with E-state index in [9.17, 15) is 21.6 Å². The van der Waals surface area contributed by atoms with Gasteiger partial charge in [-0.05, 0) is 37.1 Å². The molecule has 0 unspecified atom stereocenters. The van der Waals surface area contributed by atoms with Crippen LogP contribution in [-0.4, -0.2) is 58.2 Å². The minimum absolute atomic E-state index is 0.0251. The SMILES string of the molecule is CS(=O)(=O)c1ccc(S(=O)(=O)N2CCC(C(=O)Nc3nc4cc5c(cc4s3)OCO5)CC2)cc1. The number of rotatable bonds is 5. The van der Waals surface area contributed by atoms with Gasteiger partial charge in [0.25, 0.3) is 0 Å². The van der Waals surface area contributed by atoms with Gasteiger partial charge in [0.2, 0.25) is 22.7 Å². The van der Waals surface area contributed by atoms with Crippen LogP contribution in [0.5, 0.6) is 11.5 Å². The summed E-state index contributed by atoms with van der Waals surface area (Å²) in [5.41, 5.74) is 0.701. The van der Waals surface area contributed by atoms with Crippen LogP contribution >= 0.6 is 11.3 Å². The van der Waals surface area contributed by atoms with Crippen molar-refractivity contribution in [2.24, 2.45) is 5.92 Å². The fourth-order valence-corrected chi connectivity index (χ4v) is 6.92. The molecule has 0 spiro atoms. The smallest absolute Gasteiger partial charge is 0.243 e. The zero-order valence-electron chi connectivity index (χ0n) is 18.1. The molecule has 3 aromatic rings. The summed E-state index contributed by atoms with van der Waals surface area (Å²) in [5.74, 6) is 0.722. The van der Waals surface area contributed by atoms with Crippen molar-refractivity contribution < 1.29 is 31.1 Å². The first kappa shape index (κ1) is 23.0. The van der Waals surface area contributed by atoms with Crippen LogP contribution < -0.4 is 14.8 Å². The molecule has 180 valence electrons. The van der Waals surface area contributed by atoms with Gasteiger partial charge in [-0.15, -0.1) is 0 Å². The second-order valence-electron chi connectivity index (χ2n) is 8.10. The van der Waals surface area contributed by atoms with Crippen molar-refractivity contribution in [1.29, 1.82) is 0 Å². The third kappa shape index (κ3) is 4.35. The van der Waals surface area contributed by atoms with Crippen LogP contribution in [0.25, 0.3) is 10.2 Å². The predicted molar refractivity (Wildman–Crippen MR) is 125 cm³/mol. The van der Waals surface area contributed by atoms with Gasteiger partial charge in [0, 0.05) is 37.4 Å². The number of anilines is 1. The summed E-state index contributed by atoms with van der Waals surface area (Å²) in [4.78, 5) is 17.3. The van der Waals surface area contributed by atoms with Crippen LogP contribution in [0.15, 0.2) is 46.2 Å². The number of benzene rings is 2. The first-order valence-corrected chi connectivity index (χ1v) is 14.6. The quantitative estimate of drug-likeness (QED) is 0.539. The van der Waals surface area contributed by atoms with Gasteiger partial charge < -0.3 is 14.8 Å². The molecule has 34 heavy (non-hydrogen) atoms. The van der Waals surface area contributed by atoms with Gasteiger partial charge in [0.05, 0.1) is 20.0 Å². The Morgan fingerprint density at radius 2 is 1.65 bits per heavy atom. The van der Waals surface area contributed by atoms with E-state index in [4.69, 9.17) is 9.47 Å². The summed E-state index contributed by atoms with van der Waals surface area (Å²) in [5, 5.41) is 3.31. The zero-order chi connectivity index (χ0) is 24.1. The molecule has 13 heteroatoms. The highest BCUT2D eigenvalue weighted by molar-refractivity contribution is 7.90. The monoisotopic (exact) mass is 523 g/mol. The Kier molecular flexibility index (Phi) is 5.74. The van der Waals surface area contributed by atoms with Gasteiger partial charge in [0.1, 0.15) is 0 Å². The van der Waals surface area contributed by atoms with E-state index in [0.717, 1.165) is 11.0 Å². The van der Waals surface area contributed by atoms with Crippen molar-refractivity contribution in [2.45, 2.75) is 22.6 Å². The highest BCUT2D eigenvalue weighted by Crippen LogP contribution is 2.39. The number of nitrogens with one attached hydrogen (secondary N) is 1. The van der Waals surface area contributed by atoms with Crippen LogP contribution in [0, 0.1) is 5.92 Å². The molecule has 0 saturated carbocycles. The van der Waals surface area contributed by atoms with Gasteiger partial charge in [-0.1, -0.05) is 11.3 Å². The summed E-state index contributed by atoms with van der Waals surface area (Å²) in [7, 11) is -7.20. The lowest BCUT2D eigenvalue weighted by atomic mass is 9.97.